The van der Waals surface area contributed by atoms with Crippen molar-refractivity contribution in [2.75, 3.05) is 26.7 Å². The zero-order valence-corrected chi connectivity index (χ0v) is 11.9. The van der Waals surface area contributed by atoms with Crippen LogP contribution in [0.3, 0.4) is 0 Å². The number of rotatable bonds is 3. The van der Waals surface area contributed by atoms with Gasteiger partial charge in [-0.1, -0.05) is 20.3 Å². The number of likely N-dealkylation sites (N-methyl/N-ethyl adjacent to an activating group) is 1. The number of piperazine rings is 1. The maximum atomic E-state index is 12.3. The SMILES string of the molecule is CCC(C)C(N)C(=O)N1CCN(C)C(C)(C)C1. The number of nitrogens with two attached hydrogens (primary N) is 1. The fourth-order valence-corrected chi connectivity index (χ4v) is 2.14. The first-order valence-electron chi connectivity index (χ1n) is 6.55. The summed E-state index contributed by atoms with van der Waals surface area (Å²) in [5.74, 6) is 0.366. The van der Waals surface area contributed by atoms with Crippen LogP contribution >= 0.6 is 0 Å². The van der Waals surface area contributed by atoms with Gasteiger partial charge in [0, 0.05) is 25.2 Å². The molecule has 1 saturated heterocycles. The summed E-state index contributed by atoms with van der Waals surface area (Å²) in [4.78, 5) is 16.5. The van der Waals surface area contributed by atoms with E-state index in [-0.39, 0.29) is 23.4 Å². The summed E-state index contributed by atoms with van der Waals surface area (Å²) in [5, 5.41) is 0. The van der Waals surface area contributed by atoms with Crippen LogP contribution in [0.2, 0.25) is 0 Å². The predicted molar refractivity (Wildman–Crippen MR) is 70.7 cm³/mol. The van der Waals surface area contributed by atoms with Gasteiger partial charge in [0.1, 0.15) is 0 Å². The highest BCUT2D eigenvalue weighted by Gasteiger charge is 2.35. The molecular formula is C13H27N3O. The van der Waals surface area contributed by atoms with Crippen LogP contribution in [0.1, 0.15) is 34.1 Å². The lowest BCUT2D eigenvalue weighted by atomic mass is 9.95. The quantitative estimate of drug-likeness (QED) is 0.799. The summed E-state index contributed by atoms with van der Waals surface area (Å²) < 4.78 is 0. The van der Waals surface area contributed by atoms with E-state index in [1.165, 1.54) is 0 Å². The van der Waals surface area contributed by atoms with Gasteiger partial charge < -0.3 is 10.6 Å². The molecule has 0 aromatic heterocycles. The Bertz CT molecular complexity index is 278. The molecule has 2 atom stereocenters. The Morgan fingerprint density at radius 3 is 2.47 bits per heavy atom. The predicted octanol–water partition coefficient (Wildman–Crippen LogP) is 0.912. The minimum Gasteiger partial charge on any atom is -0.338 e. The lowest BCUT2D eigenvalue weighted by molar-refractivity contribution is -0.138. The topological polar surface area (TPSA) is 49.6 Å². The Morgan fingerprint density at radius 2 is 2.00 bits per heavy atom. The van der Waals surface area contributed by atoms with Gasteiger partial charge in [-0.3, -0.25) is 9.69 Å². The van der Waals surface area contributed by atoms with Crippen molar-refractivity contribution < 1.29 is 4.79 Å². The molecule has 2 N–H and O–H groups in total. The summed E-state index contributed by atoms with van der Waals surface area (Å²) in [5.41, 5.74) is 6.07. The zero-order valence-electron chi connectivity index (χ0n) is 11.9. The second-order valence-electron chi connectivity index (χ2n) is 5.91. The Morgan fingerprint density at radius 1 is 1.41 bits per heavy atom. The average Bonchev–Trinajstić information content (AvgIpc) is 2.29. The van der Waals surface area contributed by atoms with E-state index in [0.29, 0.717) is 0 Å². The van der Waals surface area contributed by atoms with E-state index in [1.807, 2.05) is 11.8 Å². The third kappa shape index (κ3) is 3.19. The maximum Gasteiger partial charge on any atom is 0.239 e. The lowest BCUT2D eigenvalue weighted by Gasteiger charge is -2.46. The molecule has 1 aliphatic heterocycles. The molecule has 0 saturated carbocycles. The molecule has 100 valence electrons. The molecule has 0 aliphatic carbocycles. The van der Waals surface area contributed by atoms with Gasteiger partial charge in [-0.25, -0.2) is 0 Å². The van der Waals surface area contributed by atoms with Crippen LogP contribution in [0.25, 0.3) is 0 Å². The van der Waals surface area contributed by atoms with Crippen LogP contribution in [-0.2, 0) is 4.79 Å². The molecule has 4 heteroatoms. The van der Waals surface area contributed by atoms with Crippen molar-refractivity contribution >= 4 is 5.91 Å². The number of hydrogen-bond donors (Lipinski definition) is 1. The molecule has 1 aliphatic rings. The monoisotopic (exact) mass is 241 g/mol. The van der Waals surface area contributed by atoms with Gasteiger partial charge in [0.15, 0.2) is 0 Å². The highest BCUT2D eigenvalue weighted by atomic mass is 16.2. The normalized spacial score (nSPS) is 24.5. The number of amides is 1. The van der Waals surface area contributed by atoms with E-state index in [2.05, 4.69) is 32.7 Å². The van der Waals surface area contributed by atoms with Crippen molar-refractivity contribution in [2.24, 2.45) is 11.7 Å². The second kappa shape index (κ2) is 5.36. The Hall–Kier alpha value is -0.610. The lowest BCUT2D eigenvalue weighted by Crippen LogP contribution is -2.61. The van der Waals surface area contributed by atoms with Crippen molar-refractivity contribution in [1.82, 2.24) is 9.80 Å². The molecule has 0 aromatic carbocycles. The third-order valence-electron chi connectivity index (χ3n) is 4.17. The van der Waals surface area contributed by atoms with Gasteiger partial charge in [-0.2, -0.15) is 0 Å². The number of carbonyl (C=O) groups is 1. The van der Waals surface area contributed by atoms with Crippen molar-refractivity contribution in [2.45, 2.75) is 45.7 Å². The van der Waals surface area contributed by atoms with Gasteiger partial charge in [-0.05, 0) is 26.8 Å². The first-order valence-corrected chi connectivity index (χ1v) is 6.55. The van der Waals surface area contributed by atoms with Gasteiger partial charge in [0.2, 0.25) is 5.91 Å². The number of hydrogen-bond acceptors (Lipinski definition) is 3. The Kier molecular flexibility index (Phi) is 4.55. The first-order chi connectivity index (χ1) is 7.79. The smallest absolute Gasteiger partial charge is 0.239 e. The van der Waals surface area contributed by atoms with Crippen LogP contribution in [-0.4, -0.2) is 54.0 Å². The molecule has 2 unspecified atom stereocenters. The molecule has 0 spiro atoms. The summed E-state index contributed by atoms with van der Waals surface area (Å²) >= 11 is 0. The largest absolute Gasteiger partial charge is 0.338 e. The summed E-state index contributed by atoms with van der Waals surface area (Å²) in [6.07, 6.45) is 0.948. The minimum absolute atomic E-state index is 0.0447. The highest BCUT2D eigenvalue weighted by molar-refractivity contribution is 5.82. The fourth-order valence-electron chi connectivity index (χ4n) is 2.14. The summed E-state index contributed by atoms with van der Waals surface area (Å²) in [6.45, 7) is 10.9. The van der Waals surface area contributed by atoms with Gasteiger partial charge in [-0.15, -0.1) is 0 Å². The highest BCUT2D eigenvalue weighted by Crippen LogP contribution is 2.20. The summed E-state index contributed by atoms with van der Waals surface area (Å²) in [6, 6.07) is -0.348. The van der Waals surface area contributed by atoms with E-state index in [0.717, 1.165) is 26.1 Å². The van der Waals surface area contributed by atoms with Crippen molar-refractivity contribution in [3.05, 3.63) is 0 Å². The van der Waals surface area contributed by atoms with Crippen LogP contribution in [0, 0.1) is 5.92 Å². The van der Waals surface area contributed by atoms with Crippen molar-refractivity contribution in [3.8, 4) is 0 Å². The van der Waals surface area contributed by atoms with Gasteiger partial charge >= 0.3 is 0 Å². The van der Waals surface area contributed by atoms with Crippen LogP contribution in [0.4, 0.5) is 0 Å². The Balaban J connectivity index is 2.65. The number of carbonyl (C=O) groups excluding carboxylic acids is 1. The van der Waals surface area contributed by atoms with E-state index in [1.54, 1.807) is 0 Å². The average molecular weight is 241 g/mol. The maximum absolute atomic E-state index is 12.3. The second-order valence-corrected chi connectivity index (χ2v) is 5.91. The van der Waals surface area contributed by atoms with E-state index in [4.69, 9.17) is 5.73 Å². The number of nitrogens with zero attached hydrogens (tertiary/aromatic N) is 2. The molecule has 4 nitrogen and oxygen atoms in total. The van der Waals surface area contributed by atoms with E-state index >= 15 is 0 Å². The van der Waals surface area contributed by atoms with Crippen LogP contribution in [0.15, 0.2) is 0 Å². The molecule has 1 amide bonds. The van der Waals surface area contributed by atoms with Crippen LogP contribution < -0.4 is 5.73 Å². The minimum atomic E-state index is -0.348. The first kappa shape index (κ1) is 14.5. The molecule has 1 heterocycles. The standard InChI is InChI=1S/C13H27N3O/c1-6-10(2)11(14)12(17)16-8-7-15(5)13(3,4)9-16/h10-11H,6-9,14H2,1-5H3. The molecule has 0 radical (unpaired) electrons. The summed E-state index contributed by atoms with van der Waals surface area (Å²) in [7, 11) is 2.11. The molecule has 17 heavy (non-hydrogen) atoms. The van der Waals surface area contributed by atoms with E-state index < -0.39 is 0 Å². The third-order valence-corrected chi connectivity index (χ3v) is 4.17. The molecular weight excluding hydrogens is 214 g/mol. The fraction of sp³-hybridized carbons (Fsp3) is 0.923. The molecule has 1 rings (SSSR count). The molecule has 0 bridgehead atoms. The molecule has 0 aromatic rings. The van der Waals surface area contributed by atoms with Gasteiger partial charge in [0.25, 0.3) is 0 Å². The van der Waals surface area contributed by atoms with Crippen molar-refractivity contribution in [3.63, 3.8) is 0 Å². The van der Waals surface area contributed by atoms with E-state index in [9.17, 15) is 4.79 Å². The molecule has 1 fully saturated rings. The van der Waals surface area contributed by atoms with Crippen LogP contribution in [0.5, 0.6) is 0 Å². The van der Waals surface area contributed by atoms with Gasteiger partial charge in [0.05, 0.1) is 6.04 Å². The van der Waals surface area contributed by atoms with Crippen molar-refractivity contribution in [1.29, 1.82) is 0 Å². The Labute approximate surface area is 105 Å². The zero-order chi connectivity index (χ0) is 13.2.